The van der Waals surface area contributed by atoms with Gasteiger partial charge in [0.05, 0.1) is 23.4 Å². The molecule has 3 rings (SSSR count). The molecule has 122 valence electrons. The highest BCUT2D eigenvalue weighted by atomic mass is 35.5. The molecule has 2 aromatic rings. The summed E-state index contributed by atoms with van der Waals surface area (Å²) in [6, 6.07) is 11.7. The molecule has 0 aromatic heterocycles. The lowest BCUT2D eigenvalue weighted by Gasteiger charge is -2.29. The normalized spacial score (nSPS) is 15.2. The van der Waals surface area contributed by atoms with Gasteiger partial charge in [-0.15, -0.1) is 0 Å². The summed E-state index contributed by atoms with van der Waals surface area (Å²) in [6.45, 7) is 1.84. The van der Waals surface area contributed by atoms with Gasteiger partial charge in [0.15, 0.2) is 4.91 Å². The molecule has 0 amide bonds. The number of aryl methyl sites for hydroxylation is 1. The quantitative estimate of drug-likeness (QED) is 0.811. The van der Waals surface area contributed by atoms with Crippen LogP contribution in [0.2, 0.25) is 5.02 Å². The van der Waals surface area contributed by atoms with Crippen molar-refractivity contribution in [3.63, 3.8) is 0 Å². The van der Waals surface area contributed by atoms with Crippen LogP contribution in [0.25, 0.3) is 0 Å². The van der Waals surface area contributed by atoms with E-state index in [9.17, 15) is 13.7 Å². The summed E-state index contributed by atoms with van der Waals surface area (Å²) < 4.78 is 30.4. The molecule has 0 fully saturated rings. The van der Waals surface area contributed by atoms with Gasteiger partial charge in [-0.1, -0.05) is 23.7 Å². The van der Waals surface area contributed by atoms with Crippen LogP contribution in [0.15, 0.2) is 52.4 Å². The van der Waals surface area contributed by atoms with E-state index in [4.69, 9.17) is 16.3 Å². The predicted molar refractivity (Wildman–Crippen MR) is 92.2 cm³/mol. The molecule has 24 heavy (non-hydrogen) atoms. The molecular formula is C17H13ClN2O3S. The number of halogens is 1. The molecule has 0 saturated carbocycles. The van der Waals surface area contributed by atoms with E-state index in [1.54, 1.807) is 41.3 Å². The van der Waals surface area contributed by atoms with Crippen LogP contribution in [0.5, 0.6) is 5.75 Å². The molecule has 1 heterocycles. The van der Waals surface area contributed by atoms with Crippen LogP contribution in [0.3, 0.4) is 0 Å². The molecule has 1 aliphatic heterocycles. The number of benzene rings is 2. The number of sulfone groups is 1. The van der Waals surface area contributed by atoms with Crippen molar-refractivity contribution in [1.82, 2.24) is 0 Å². The minimum absolute atomic E-state index is 0.0821. The lowest BCUT2D eigenvalue weighted by molar-refractivity contribution is 0.416. The second-order valence-corrected chi connectivity index (χ2v) is 7.51. The van der Waals surface area contributed by atoms with Crippen molar-refractivity contribution in [2.45, 2.75) is 11.8 Å². The number of fused-ring (bicyclic) bond motifs is 1. The Hall–Kier alpha value is -2.49. The molecule has 0 radical (unpaired) electrons. The van der Waals surface area contributed by atoms with Crippen LogP contribution in [-0.4, -0.2) is 15.5 Å². The zero-order chi connectivity index (χ0) is 17.5. The summed E-state index contributed by atoms with van der Waals surface area (Å²) in [5, 5.41) is 9.81. The van der Waals surface area contributed by atoms with Crippen molar-refractivity contribution in [1.29, 1.82) is 5.26 Å². The molecule has 0 atom stereocenters. The lowest BCUT2D eigenvalue weighted by Crippen LogP contribution is -2.21. The number of methoxy groups -OCH3 is 1. The molecule has 5 nitrogen and oxygen atoms in total. The first kappa shape index (κ1) is 16.4. The van der Waals surface area contributed by atoms with Gasteiger partial charge in [0, 0.05) is 17.3 Å². The maximum Gasteiger partial charge on any atom is 0.220 e. The zero-order valence-corrected chi connectivity index (χ0v) is 14.5. The number of ether oxygens (including phenoxy) is 1. The van der Waals surface area contributed by atoms with Crippen molar-refractivity contribution in [2.75, 3.05) is 12.0 Å². The molecule has 1 aliphatic rings. The topological polar surface area (TPSA) is 70.4 Å². The van der Waals surface area contributed by atoms with E-state index in [0.717, 1.165) is 5.56 Å². The van der Waals surface area contributed by atoms with E-state index in [1.165, 1.54) is 19.4 Å². The van der Waals surface area contributed by atoms with Crippen molar-refractivity contribution >= 4 is 32.8 Å². The van der Waals surface area contributed by atoms with Crippen LogP contribution >= 0.6 is 11.6 Å². The van der Waals surface area contributed by atoms with Crippen molar-refractivity contribution in [3.8, 4) is 11.8 Å². The van der Waals surface area contributed by atoms with Crippen molar-refractivity contribution in [3.05, 3.63) is 58.1 Å². The van der Waals surface area contributed by atoms with Gasteiger partial charge >= 0.3 is 0 Å². The molecule has 0 aliphatic carbocycles. The van der Waals surface area contributed by atoms with Crippen molar-refractivity contribution in [2.24, 2.45) is 0 Å². The van der Waals surface area contributed by atoms with Crippen LogP contribution in [0.4, 0.5) is 11.4 Å². The second-order valence-electron chi connectivity index (χ2n) is 5.22. The fourth-order valence-electron chi connectivity index (χ4n) is 2.55. The Morgan fingerprint density at radius 3 is 2.58 bits per heavy atom. The third-order valence-corrected chi connectivity index (χ3v) is 5.89. The molecular weight excluding hydrogens is 348 g/mol. The molecule has 0 unspecified atom stereocenters. The average Bonchev–Trinajstić information content (AvgIpc) is 2.57. The third kappa shape index (κ3) is 2.42. The number of para-hydroxylation sites is 1. The predicted octanol–water partition coefficient (Wildman–Crippen LogP) is 3.95. The molecule has 7 heteroatoms. The zero-order valence-electron chi connectivity index (χ0n) is 12.9. The smallest absolute Gasteiger partial charge is 0.220 e. The highest BCUT2D eigenvalue weighted by Crippen LogP contribution is 2.43. The van der Waals surface area contributed by atoms with E-state index in [0.29, 0.717) is 22.1 Å². The first-order valence-electron chi connectivity index (χ1n) is 6.99. The van der Waals surface area contributed by atoms with E-state index < -0.39 is 9.84 Å². The van der Waals surface area contributed by atoms with E-state index in [1.807, 2.05) is 6.92 Å². The minimum Gasteiger partial charge on any atom is -0.495 e. The Labute approximate surface area is 145 Å². The van der Waals surface area contributed by atoms with Gasteiger partial charge in [-0.3, -0.25) is 0 Å². The summed E-state index contributed by atoms with van der Waals surface area (Å²) in [5.74, 6) is 0.480. The summed E-state index contributed by atoms with van der Waals surface area (Å²) >= 11 is 6.14. The van der Waals surface area contributed by atoms with Gasteiger partial charge in [-0.05, 0) is 30.7 Å². The Bertz CT molecular complexity index is 1010. The Balaban J connectivity index is 2.33. The van der Waals surface area contributed by atoms with Crippen LogP contribution in [0.1, 0.15) is 5.56 Å². The number of anilines is 2. The lowest BCUT2D eigenvalue weighted by atomic mass is 10.1. The van der Waals surface area contributed by atoms with Crippen LogP contribution < -0.4 is 9.64 Å². The highest BCUT2D eigenvalue weighted by Gasteiger charge is 2.32. The third-order valence-electron chi connectivity index (χ3n) is 3.78. The number of rotatable bonds is 2. The molecule has 0 bridgehead atoms. The number of nitriles is 1. The Morgan fingerprint density at radius 1 is 1.21 bits per heavy atom. The van der Waals surface area contributed by atoms with E-state index in [2.05, 4.69) is 0 Å². The van der Waals surface area contributed by atoms with Gasteiger partial charge in [-0.25, -0.2) is 8.42 Å². The number of hydrogen-bond acceptors (Lipinski definition) is 5. The van der Waals surface area contributed by atoms with E-state index in [-0.39, 0.29) is 9.80 Å². The van der Waals surface area contributed by atoms with Gasteiger partial charge < -0.3 is 9.64 Å². The molecule has 0 spiro atoms. The minimum atomic E-state index is -3.82. The van der Waals surface area contributed by atoms with Crippen LogP contribution in [-0.2, 0) is 9.84 Å². The Morgan fingerprint density at radius 2 is 1.92 bits per heavy atom. The van der Waals surface area contributed by atoms with Gasteiger partial charge in [-0.2, -0.15) is 5.26 Å². The number of hydrogen-bond donors (Lipinski definition) is 0. The SMILES string of the molecule is COc1cc(Cl)c(C)cc1N1C=C(C#N)S(=O)(=O)c2ccccc21. The molecule has 0 saturated heterocycles. The van der Waals surface area contributed by atoms with Crippen molar-refractivity contribution < 1.29 is 13.2 Å². The van der Waals surface area contributed by atoms with Gasteiger partial charge in [0.2, 0.25) is 9.84 Å². The summed E-state index contributed by atoms with van der Waals surface area (Å²) in [6.07, 6.45) is 1.31. The summed E-state index contributed by atoms with van der Waals surface area (Å²) in [7, 11) is -2.31. The molecule has 0 N–H and O–H groups in total. The van der Waals surface area contributed by atoms with Gasteiger partial charge in [0.1, 0.15) is 11.8 Å². The largest absolute Gasteiger partial charge is 0.495 e. The highest BCUT2D eigenvalue weighted by molar-refractivity contribution is 7.95. The first-order chi connectivity index (χ1) is 11.4. The summed E-state index contributed by atoms with van der Waals surface area (Å²) in [5.41, 5.74) is 1.87. The van der Waals surface area contributed by atoms with Crippen LogP contribution in [0, 0.1) is 18.3 Å². The fourth-order valence-corrected chi connectivity index (χ4v) is 4.00. The Kier molecular flexibility index (Phi) is 3.99. The monoisotopic (exact) mass is 360 g/mol. The fraction of sp³-hybridized carbons (Fsp3) is 0.118. The number of allylic oxidation sites excluding steroid dienone is 1. The van der Waals surface area contributed by atoms with Gasteiger partial charge in [0.25, 0.3) is 0 Å². The number of nitrogens with zero attached hydrogens (tertiary/aromatic N) is 2. The maximum atomic E-state index is 12.5. The van der Waals surface area contributed by atoms with E-state index >= 15 is 0 Å². The first-order valence-corrected chi connectivity index (χ1v) is 8.85. The summed E-state index contributed by atoms with van der Waals surface area (Å²) in [4.78, 5) is 1.39. The molecule has 2 aromatic carbocycles. The average molecular weight is 361 g/mol. The standard InChI is InChI=1S/C17H13ClN2O3S/c1-11-7-15(16(23-2)8-13(11)18)20-10-12(9-19)24(21,22)17-6-4-3-5-14(17)20/h3-8,10H,1-2H3. The maximum absolute atomic E-state index is 12.5. The second kappa shape index (κ2) is 5.86.